The molecular formula is C27H21BrN2O5. The molecule has 4 rings (SSSR count). The normalized spacial score (nSPS) is 14.6. The Morgan fingerprint density at radius 3 is 2.14 bits per heavy atom. The van der Waals surface area contributed by atoms with Gasteiger partial charge in [0.15, 0.2) is 0 Å². The summed E-state index contributed by atoms with van der Waals surface area (Å²) in [5.41, 5.74) is 1.77. The lowest BCUT2D eigenvalue weighted by molar-refractivity contribution is -0.122. The number of benzene rings is 3. The third-order valence-corrected chi connectivity index (χ3v) is 5.60. The zero-order valence-electron chi connectivity index (χ0n) is 18.6. The minimum absolute atomic E-state index is 0.153. The van der Waals surface area contributed by atoms with Crippen LogP contribution in [0.1, 0.15) is 11.1 Å². The summed E-state index contributed by atoms with van der Waals surface area (Å²) in [4.78, 5) is 38.9. The summed E-state index contributed by atoms with van der Waals surface area (Å²) < 4.78 is 12.2. The molecule has 0 bridgehead atoms. The minimum Gasteiger partial charge on any atom is -0.490 e. The van der Waals surface area contributed by atoms with Gasteiger partial charge in [0.05, 0.1) is 5.69 Å². The van der Waals surface area contributed by atoms with Crippen LogP contribution in [0, 0.1) is 0 Å². The smallest absolute Gasteiger partial charge is 0.335 e. The summed E-state index contributed by atoms with van der Waals surface area (Å²) in [5, 5.41) is 2.22. The average molecular weight is 533 g/mol. The van der Waals surface area contributed by atoms with Crippen LogP contribution in [0.4, 0.5) is 10.5 Å². The molecule has 1 N–H and O–H groups in total. The molecule has 3 aromatic carbocycles. The molecule has 4 amide bonds. The number of carbonyl (C=O) groups is 3. The molecule has 0 radical (unpaired) electrons. The Labute approximate surface area is 210 Å². The van der Waals surface area contributed by atoms with E-state index in [1.807, 2.05) is 24.3 Å². The van der Waals surface area contributed by atoms with Crippen molar-refractivity contribution < 1.29 is 23.9 Å². The molecule has 0 aliphatic carbocycles. The number of carbonyl (C=O) groups excluding carboxylic acids is 3. The molecule has 1 fully saturated rings. The van der Waals surface area contributed by atoms with Gasteiger partial charge in [-0.3, -0.25) is 14.9 Å². The van der Waals surface area contributed by atoms with Crippen molar-refractivity contribution in [1.82, 2.24) is 5.32 Å². The van der Waals surface area contributed by atoms with Gasteiger partial charge in [-0.25, -0.2) is 9.69 Å². The number of rotatable bonds is 8. The van der Waals surface area contributed by atoms with Crippen molar-refractivity contribution in [1.29, 1.82) is 0 Å². The molecule has 0 atom stereocenters. The van der Waals surface area contributed by atoms with E-state index in [-0.39, 0.29) is 5.57 Å². The molecule has 7 nitrogen and oxygen atoms in total. The van der Waals surface area contributed by atoms with Crippen molar-refractivity contribution >= 4 is 45.5 Å². The van der Waals surface area contributed by atoms with Gasteiger partial charge in [0.25, 0.3) is 11.8 Å². The summed E-state index contributed by atoms with van der Waals surface area (Å²) >= 11 is 3.40. The Balaban J connectivity index is 1.48. The number of hydrogen-bond acceptors (Lipinski definition) is 5. The third kappa shape index (κ3) is 5.85. The van der Waals surface area contributed by atoms with Crippen LogP contribution >= 0.6 is 15.9 Å². The standard InChI is InChI=1S/C27H21BrN2O5/c1-2-15-34-22-11-5-18(6-12-22)16-24-25(31)29-27(33)30(26(24)32)21-9-13-23(14-10-21)35-17-19-3-7-20(28)8-4-19/h2-14,16H,1,15,17H2,(H,29,31,33)/b24-16+. The fraction of sp³-hybridized carbons (Fsp3) is 0.0741. The minimum atomic E-state index is -0.811. The first-order valence-corrected chi connectivity index (χ1v) is 11.5. The van der Waals surface area contributed by atoms with Gasteiger partial charge in [-0.2, -0.15) is 0 Å². The highest BCUT2D eigenvalue weighted by molar-refractivity contribution is 9.10. The Hall–Kier alpha value is -4.17. The van der Waals surface area contributed by atoms with Crippen LogP contribution in [0.25, 0.3) is 6.08 Å². The molecule has 0 unspecified atom stereocenters. The highest BCUT2D eigenvalue weighted by Crippen LogP contribution is 2.25. The number of amides is 4. The van der Waals surface area contributed by atoms with Crippen molar-refractivity contribution in [2.75, 3.05) is 11.5 Å². The van der Waals surface area contributed by atoms with E-state index >= 15 is 0 Å². The van der Waals surface area contributed by atoms with E-state index in [0.29, 0.717) is 36.0 Å². The fourth-order valence-electron chi connectivity index (χ4n) is 3.31. The molecule has 8 heteroatoms. The SMILES string of the molecule is C=CCOc1ccc(/C=C2\C(=O)NC(=O)N(c3ccc(OCc4ccc(Br)cc4)cc3)C2=O)cc1. The number of ether oxygens (including phenoxy) is 2. The summed E-state index contributed by atoms with van der Waals surface area (Å²) in [7, 11) is 0. The molecule has 1 saturated heterocycles. The second-order valence-electron chi connectivity index (χ2n) is 7.54. The van der Waals surface area contributed by atoms with Gasteiger partial charge in [-0.15, -0.1) is 0 Å². The number of barbiturate groups is 1. The zero-order chi connectivity index (χ0) is 24.8. The number of anilines is 1. The quantitative estimate of drug-likeness (QED) is 0.243. The van der Waals surface area contributed by atoms with Gasteiger partial charge in [-0.1, -0.05) is 52.9 Å². The molecule has 1 heterocycles. The van der Waals surface area contributed by atoms with Crippen LogP contribution < -0.4 is 19.7 Å². The predicted octanol–water partition coefficient (Wildman–Crippen LogP) is 5.26. The molecule has 0 spiro atoms. The molecule has 1 aliphatic rings. The fourth-order valence-corrected chi connectivity index (χ4v) is 3.58. The largest absolute Gasteiger partial charge is 0.490 e. The third-order valence-electron chi connectivity index (χ3n) is 5.07. The molecular weight excluding hydrogens is 512 g/mol. The van der Waals surface area contributed by atoms with Crippen LogP contribution in [0.3, 0.4) is 0 Å². The van der Waals surface area contributed by atoms with E-state index in [2.05, 4.69) is 27.8 Å². The van der Waals surface area contributed by atoms with Gasteiger partial charge >= 0.3 is 6.03 Å². The molecule has 3 aromatic rings. The van der Waals surface area contributed by atoms with Crippen molar-refractivity contribution in [2.24, 2.45) is 0 Å². The molecule has 176 valence electrons. The maximum atomic E-state index is 13.1. The zero-order valence-corrected chi connectivity index (χ0v) is 20.2. The van der Waals surface area contributed by atoms with E-state index in [4.69, 9.17) is 9.47 Å². The number of nitrogens with one attached hydrogen (secondary N) is 1. The second kappa shape index (κ2) is 10.8. The van der Waals surface area contributed by atoms with Crippen molar-refractivity contribution in [3.05, 3.63) is 107 Å². The number of urea groups is 1. The van der Waals surface area contributed by atoms with Gasteiger partial charge in [0.1, 0.15) is 30.3 Å². The maximum Gasteiger partial charge on any atom is 0.335 e. The van der Waals surface area contributed by atoms with Gasteiger partial charge in [0, 0.05) is 4.47 Å². The van der Waals surface area contributed by atoms with Crippen LogP contribution in [0.15, 0.2) is 95.5 Å². The Morgan fingerprint density at radius 2 is 1.49 bits per heavy atom. The summed E-state index contributed by atoms with van der Waals surface area (Å²) in [6.07, 6.45) is 3.07. The van der Waals surface area contributed by atoms with E-state index in [1.165, 1.54) is 6.08 Å². The number of halogens is 1. The second-order valence-corrected chi connectivity index (χ2v) is 8.45. The lowest BCUT2D eigenvalue weighted by Crippen LogP contribution is -2.54. The molecule has 1 aliphatic heterocycles. The topological polar surface area (TPSA) is 84.9 Å². The van der Waals surface area contributed by atoms with Gasteiger partial charge in [0.2, 0.25) is 0 Å². The number of hydrogen-bond donors (Lipinski definition) is 1. The van der Waals surface area contributed by atoms with Crippen LogP contribution in [-0.2, 0) is 16.2 Å². The number of imide groups is 2. The first-order chi connectivity index (χ1) is 16.9. The Morgan fingerprint density at radius 1 is 0.857 bits per heavy atom. The van der Waals surface area contributed by atoms with Crippen molar-refractivity contribution in [3.8, 4) is 11.5 Å². The predicted molar refractivity (Wildman–Crippen MR) is 136 cm³/mol. The van der Waals surface area contributed by atoms with E-state index < -0.39 is 17.8 Å². The summed E-state index contributed by atoms with van der Waals surface area (Å²) in [6.45, 7) is 4.33. The monoisotopic (exact) mass is 532 g/mol. The first kappa shape index (κ1) is 24.0. The Kier molecular flexibility index (Phi) is 7.42. The van der Waals surface area contributed by atoms with E-state index in [1.54, 1.807) is 54.6 Å². The Bertz CT molecular complexity index is 1280. The first-order valence-electron chi connectivity index (χ1n) is 10.7. The maximum absolute atomic E-state index is 13.1. The summed E-state index contributed by atoms with van der Waals surface area (Å²) in [6, 6.07) is 20.3. The van der Waals surface area contributed by atoms with E-state index in [9.17, 15) is 14.4 Å². The number of nitrogens with zero attached hydrogens (tertiary/aromatic N) is 1. The van der Waals surface area contributed by atoms with Crippen LogP contribution in [0.2, 0.25) is 0 Å². The molecule has 0 aromatic heterocycles. The van der Waals surface area contributed by atoms with Crippen molar-refractivity contribution in [3.63, 3.8) is 0 Å². The summed E-state index contributed by atoms with van der Waals surface area (Å²) in [5.74, 6) is -0.259. The van der Waals surface area contributed by atoms with Crippen LogP contribution in [0.5, 0.6) is 11.5 Å². The van der Waals surface area contributed by atoms with E-state index in [0.717, 1.165) is 14.9 Å². The van der Waals surface area contributed by atoms with Gasteiger partial charge < -0.3 is 9.47 Å². The van der Waals surface area contributed by atoms with Gasteiger partial charge in [-0.05, 0) is 65.7 Å². The highest BCUT2D eigenvalue weighted by Gasteiger charge is 2.36. The lowest BCUT2D eigenvalue weighted by Gasteiger charge is -2.26. The average Bonchev–Trinajstić information content (AvgIpc) is 2.86. The lowest BCUT2D eigenvalue weighted by atomic mass is 10.1. The molecule has 0 saturated carbocycles. The highest BCUT2D eigenvalue weighted by atomic mass is 79.9. The van der Waals surface area contributed by atoms with Crippen LogP contribution in [-0.4, -0.2) is 24.5 Å². The molecule has 35 heavy (non-hydrogen) atoms. The van der Waals surface area contributed by atoms with Crippen molar-refractivity contribution in [2.45, 2.75) is 6.61 Å².